The fraction of sp³-hybridized carbons (Fsp3) is 0.422. The minimum absolute atomic E-state index is 0.00234. The molecule has 61 heavy (non-hydrogen) atoms. The standard InChI is InChI=1S/C45H58N8O8/c1-4-12-38-43(59)50-35(23-29-18-20-31(55)21-19-29)41(57)49-36(25-30-26-47-33-16-9-8-15-32(30)33)42(58)48-34(17-10-11-22-46)40(56)52-39(27(2)54)44(60)51-37(45(61)53(38)3)24-28-13-6-5-7-14-28/h5-9,13-16,18-21,26-27,34-39,47,54-55H,4,10-12,17,22-25,46H2,1-3H3,(H,48,58)(H,49,57)(H,50,59)(H,51,60)(H,52,56)/t27-,34+,35+,36-,37?,38+,39+/m1/s1. The van der Waals surface area contributed by atoms with Gasteiger partial charge in [-0.1, -0.05) is 74.0 Å². The third-order valence-corrected chi connectivity index (χ3v) is 11.0. The quantitative estimate of drug-likeness (QED) is 0.0884. The van der Waals surface area contributed by atoms with Gasteiger partial charge in [0.15, 0.2) is 0 Å². The first-order valence-corrected chi connectivity index (χ1v) is 20.8. The molecule has 1 aliphatic heterocycles. The molecule has 16 nitrogen and oxygen atoms in total. The molecule has 0 spiro atoms. The van der Waals surface area contributed by atoms with Gasteiger partial charge >= 0.3 is 0 Å². The molecular weight excluding hydrogens is 781 g/mol. The molecule has 0 saturated carbocycles. The second kappa shape index (κ2) is 21.8. The predicted molar refractivity (Wildman–Crippen MR) is 230 cm³/mol. The number of rotatable bonds is 13. The number of likely N-dealkylation sites (N-methyl/N-ethyl adjacent to an activating group) is 1. The zero-order valence-corrected chi connectivity index (χ0v) is 34.9. The molecule has 10 N–H and O–H groups in total. The Balaban J connectivity index is 1.60. The number of hydrogen-bond donors (Lipinski definition) is 9. The Bertz CT molecular complexity index is 2130. The molecule has 2 heterocycles. The van der Waals surface area contributed by atoms with E-state index in [1.54, 1.807) is 48.7 Å². The number of carbonyl (C=O) groups excluding carboxylic acids is 6. The highest BCUT2D eigenvalue weighted by Gasteiger charge is 2.38. The van der Waals surface area contributed by atoms with Crippen molar-refractivity contribution < 1.29 is 39.0 Å². The zero-order valence-electron chi connectivity index (χ0n) is 34.9. The number of fused-ring (bicyclic) bond motifs is 1. The third-order valence-electron chi connectivity index (χ3n) is 11.0. The average molecular weight is 839 g/mol. The van der Waals surface area contributed by atoms with Gasteiger partial charge in [0.1, 0.15) is 42.0 Å². The number of nitrogens with zero attached hydrogens (tertiary/aromatic N) is 1. The van der Waals surface area contributed by atoms with Crippen LogP contribution in [0, 0.1) is 0 Å². The molecule has 1 aliphatic rings. The molecule has 1 saturated heterocycles. The van der Waals surface area contributed by atoms with Crippen LogP contribution in [0.25, 0.3) is 10.9 Å². The number of amides is 6. The Kier molecular flexibility index (Phi) is 16.4. The van der Waals surface area contributed by atoms with Gasteiger partial charge in [-0.05, 0) is 74.0 Å². The van der Waals surface area contributed by atoms with Crippen molar-refractivity contribution in [1.29, 1.82) is 0 Å². The lowest BCUT2D eigenvalue weighted by molar-refractivity contribution is -0.144. The van der Waals surface area contributed by atoms with Crippen LogP contribution in [0.15, 0.2) is 85.1 Å². The highest BCUT2D eigenvalue weighted by molar-refractivity contribution is 5.99. The minimum Gasteiger partial charge on any atom is -0.508 e. The molecule has 5 rings (SSSR count). The molecule has 7 atom stereocenters. The van der Waals surface area contributed by atoms with Gasteiger partial charge in [-0.15, -0.1) is 0 Å². The van der Waals surface area contributed by atoms with Crippen LogP contribution in [0.3, 0.4) is 0 Å². The van der Waals surface area contributed by atoms with E-state index in [9.17, 15) is 39.0 Å². The van der Waals surface area contributed by atoms with Crippen molar-refractivity contribution in [2.24, 2.45) is 5.73 Å². The number of phenolic OH excluding ortho intramolecular Hbond substituents is 1. The first-order chi connectivity index (χ1) is 29.3. The van der Waals surface area contributed by atoms with Crippen molar-refractivity contribution in [3.05, 3.63) is 102 Å². The van der Waals surface area contributed by atoms with Gasteiger partial charge in [-0.25, -0.2) is 0 Å². The lowest BCUT2D eigenvalue weighted by Gasteiger charge is -2.33. The lowest BCUT2D eigenvalue weighted by atomic mass is 9.99. The van der Waals surface area contributed by atoms with E-state index in [2.05, 4.69) is 31.6 Å². The Morgan fingerprint density at radius 2 is 1.23 bits per heavy atom. The molecule has 1 unspecified atom stereocenters. The van der Waals surface area contributed by atoms with E-state index in [0.717, 1.165) is 10.9 Å². The minimum atomic E-state index is -1.55. The van der Waals surface area contributed by atoms with Crippen LogP contribution in [-0.4, -0.2) is 111 Å². The summed E-state index contributed by atoms with van der Waals surface area (Å²) in [5, 5.41) is 35.5. The van der Waals surface area contributed by atoms with Gasteiger partial charge in [-0.3, -0.25) is 28.8 Å². The monoisotopic (exact) mass is 838 g/mol. The van der Waals surface area contributed by atoms with Crippen LogP contribution < -0.4 is 32.3 Å². The van der Waals surface area contributed by atoms with Crippen LogP contribution >= 0.6 is 0 Å². The fourth-order valence-electron chi connectivity index (χ4n) is 7.52. The molecule has 326 valence electrons. The number of aliphatic hydroxyl groups is 1. The van der Waals surface area contributed by atoms with Crippen molar-refractivity contribution in [3.63, 3.8) is 0 Å². The van der Waals surface area contributed by atoms with Crippen molar-refractivity contribution in [1.82, 2.24) is 36.5 Å². The summed E-state index contributed by atoms with van der Waals surface area (Å²) < 4.78 is 0. The fourth-order valence-corrected chi connectivity index (χ4v) is 7.52. The molecular formula is C45H58N8O8. The number of phenols is 1. The Hall–Kier alpha value is -6.26. The summed E-state index contributed by atoms with van der Waals surface area (Å²) in [6.07, 6.45) is 1.95. The second-order valence-electron chi connectivity index (χ2n) is 15.6. The van der Waals surface area contributed by atoms with E-state index in [-0.39, 0.29) is 37.9 Å². The van der Waals surface area contributed by atoms with Crippen LogP contribution in [-0.2, 0) is 48.0 Å². The van der Waals surface area contributed by atoms with E-state index >= 15 is 0 Å². The first-order valence-electron chi connectivity index (χ1n) is 20.8. The predicted octanol–water partition coefficient (Wildman–Crippen LogP) is 1.48. The highest BCUT2D eigenvalue weighted by Crippen LogP contribution is 2.21. The molecule has 6 amide bonds. The van der Waals surface area contributed by atoms with Crippen LogP contribution in [0.1, 0.15) is 62.6 Å². The van der Waals surface area contributed by atoms with E-state index in [1.165, 1.54) is 31.0 Å². The van der Waals surface area contributed by atoms with E-state index < -0.39 is 77.8 Å². The number of nitrogens with two attached hydrogens (primary N) is 1. The molecule has 4 aromatic rings. The maximum Gasteiger partial charge on any atom is 0.245 e. The molecule has 0 radical (unpaired) electrons. The summed E-state index contributed by atoms with van der Waals surface area (Å²) in [6.45, 7) is 3.48. The molecule has 0 aliphatic carbocycles. The zero-order chi connectivity index (χ0) is 44.1. The lowest BCUT2D eigenvalue weighted by Crippen LogP contribution is -2.63. The first kappa shape index (κ1) is 45.8. The third kappa shape index (κ3) is 12.4. The number of H-pyrrole nitrogens is 1. The number of unbranched alkanes of at least 4 members (excludes halogenated alkanes) is 1. The largest absolute Gasteiger partial charge is 0.508 e. The number of hydrogen-bond acceptors (Lipinski definition) is 9. The number of nitrogens with one attached hydrogen (secondary N) is 6. The van der Waals surface area contributed by atoms with Gasteiger partial charge < -0.3 is 52.4 Å². The highest BCUT2D eigenvalue weighted by atomic mass is 16.3. The maximum absolute atomic E-state index is 14.5. The van der Waals surface area contributed by atoms with Crippen LogP contribution in [0.2, 0.25) is 0 Å². The number of aromatic nitrogens is 1. The summed E-state index contributed by atoms with van der Waals surface area (Å²) >= 11 is 0. The Morgan fingerprint density at radius 3 is 1.90 bits per heavy atom. The van der Waals surface area contributed by atoms with Gasteiger partial charge in [0, 0.05) is 43.4 Å². The maximum atomic E-state index is 14.5. The summed E-state index contributed by atoms with van der Waals surface area (Å²) in [7, 11) is 1.45. The van der Waals surface area contributed by atoms with Crippen molar-refractivity contribution in [2.45, 2.75) is 108 Å². The van der Waals surface area contributed by atoms with Crippen molar-refractivity contribution in [3.8, 4) is 5.75 Å². The van der Waals surface area contributed by atoms with Crippen LogP contribution in [0.5, 0.6) is 5.75 Å². The van der Waals surface area contributed by atoms with Gasteiger partial charge in [0.25, 0.3) is 0 Å². The van der Waals surface area contributed by atoms with E-state index in [0.29, 0.717) is 42.5 Å². The molecule has 0 bridgehead atoms. The van der Waals surface area contributed by atoms with E-state index in [1.807, 2.05) is 31.2 Å². The van der Waals surface area contributed by atoms with Gasteiger partial charge in [0.05, 0.1) is 6.10 Å². The van der Waals surface area contributed by atoms with Crippen molar-refractivity contribution >= 4 is 46.3 Å². The summed E-state index contributed by atoms with van der Waals surface area (Å²) in [5.74, 6) is -4.30. The number of carbonyl (C=O) groups is 6. The average Bonchev–Trinajstić information content (AvgIpc) is 3.66. The van der Waals surface area contributed by atoms with Crippen LogP contribution in [0.4, 0.5) is 0 Å². The Labute approximate surface area is 355 Å². The molecule has 16 heteroatoms. The van der Waals surface area contributed by atoms with Crippen molar-refractivity contribution in [2.75, 3.05) is 13.6 Å². The number of aliphatic hydroxyl groups excluding tert-OH is 1. The summed E-state index contributed by atoms with van der Waals surface area (Å²) in [4.78, 5) is 90.4. The number of benzene rings is 3. The smallest absolute Gasteiger partial charge is 0.245 e. The molecule has 1 fully saturated rings. The Morgan fingerprint density at radius 1 is 0.656 bits per heavy atom. The number of aromatic hydroxyl groups is 1. The van der Waals surface area contributed by atoms with E-state index in [4.69, 9.17) is 5.73 Å². The number of para-hydroxylation sites is 1. The van der Waals surface area contributed by atoms with Gasteiger partial charge in [-0.2, -0.15) is 0 Å². The molecule has 3 aromatic carbocycles. The topological polar surface area (TPSA) is 248 Å². The molecule has 1 aromatic heterocycles. The SMILES string of the molecule is CCC[C@H]1C(=O)N[C@@H](Cc2ccc(O)cc2)C(=O)N[C@H](Cc2c[nH]c3ccccc23)C(=O)N[C@@H](CCCCN)C(=O)N[C@@H]([C@@H](C)O)C(=O)NC(Cc2ccccc2)C(=O)N1C. The summed E-state index contributed by atoms with van der Waals surface area (Å²) in [5.41, 5.74) is 8.55. The van der Waals surface area contributed by atoms with Gasteiger partial charge in [0.2, 0.25) is 35.4 Å². The summed E-state index contributed by atoms with van der Waals surface area (Å²) in [6, 6.07) is 14.8. The number of aromatic amines is 1. The normalized spacial score (nSPS) is 22.9. The second-order valence-corrected chi connectivity index (χ2v) is 15.6.